The minimum atomic E-state index is -4.45. The zero-order valence-corrected chi connectivity index (χ0v) is 26.2. The fourth-order valence-electron chi connectivity index (χ4n) is 5.75. The molecule has 0 aliphatic carbocycles. The number of piperidine rings is 1. The van der Waals surface area contributed by atoms with Crippen LogP contribution in [0.2, 0.25) is 0 Å². The smallest absolute Gasteiger partial charge is 0.406 e. The molecule has 3 heterocycles. The van der Waals surface area contributed by atoms with Crippen molar-refractivity contribution >= 4 is 32.3 Å². The lowest BCUT2D eigenvalue weighted by atomic mass is 10.0. The molecule has 244 valence electrons. The Kier molecular flexibility index (Phi) is 9.57. The number of anilines is 2. The molecule has 0 amide bonds. The van der Waals surface area contributed by atoms with E-state index in [-0.39, 0.29) is 35.0 Å². The van der Waals surface area contributed by atoms with Crippen LogP contribution in [-0.2, 0) is 26.0 Å². The second-order valence-corrected chi connectivity index (χ2v) is 13.3. The van der Waals surface area contributed by atoms with Crippen LogP contribution >= 0.6 is 0 Å². The quantitative estimate of drug-likeness (QED) is 0.293. The van der Waals surface area contributed by atoms with Crippen molar-refractivity contribution in [1.29, 1.82) is 0 Å². The molecule has 0 radical (unpaired) electrons. The Morgan fingerprint density at radius 1 is 1.13 bits per heavy atom. The number of nitrogens with one attached hydrogen (secondary N) is 2. The predicted molar refractivity (Wildman–Crippen MR) is 166 cm³/mol. The van der Waals surface area contributed by atoms with E-state index in [0.717, 1.165) is 38.2 Å². The van der Waals surface area contributed by atoms with Gasteiger partial charge in [-0.05, 0) is 62.9 Å². The number of fused-ring (bicyclic) bond motifs is 1. The lowest BCUT2D eigenvalue weighted by Gasteiger charge is -2.34. The molecule has 5 rings (SSSR count). The number of halogens is 3. The number of ether oxygens (including phenoxy) is 3. The van der Waals surface area contributed by atoms with E-state index in [9.17, 15) is 21.6 Å². The molecular weight excluding hydrogens is 611 g/mol. The van der Waals surface area contributed by atoms with Crippen LogP contribution < -0.4 is 20.5 Å². The maximum atomic E-state index is 13.7. The van der Waals surface area contributed by atoms with Gasteiger partial charge in [0.1, 0.15) is 12.3 Å². The second-order valence-electron chi connectivity index (χ2n) is 11.7. The summed E-state index contributed by atoms with van der Waals surface area (Å²) in [6.45, 7) is 5.85. The van der Waals surface area contributed by atoms with E-state index in [1.807, 2.05) is 19.9 Å². The van der Waals surface area contributed by atoms with E-state index < -0.39 is 28.5 Å². The Bertz CT molecular complexity index is 1690. The van der Waals surface area contributed by atoms with E-state index in [1.54, 1.807) is 18.2 Å². The molecule has 4 N–H and O–H groups in total. The molecular formula is C31H38F3N5O5S. The number of alkyl halides is 3. The van der Waals surface area contributed by atoms with Crippen LogP contribution in [0.1, 0.15) is 32.4 Å². The van der Waals surface area contributed by atoms with Crippen LogP contribution in [0, 0.1) is 11.8 Å². The Balaban J connectivity index is 1.29. The third kappa shape index (κ3) is 8.42. The average Bonchev–Trinajstić information content (AvgIpc) is 3.49. The van der Waals surface area contributed by atoms with E-state index in [2.05, 4.69) is 27.4 Å². The predicted octanol–water partition coefficient (Wildman–Crippen LogP) is 4.35. The number of nitrogens with two attached hydrogens (primary N) is 1. The number of rotatable bonds is 9. The molecule has 2 fully saturated rings. The first-order valence-electron chi connectivity index (χ1n) is 14.6. The van der Waals surface area contributed by atoms with Gasteiger partial charge in [0, 0.05) is 42.8 Å². The van der Waals surface area contributed by atoms with Gasteiger partial charge in [0.15, 0.2) is 5.79 Å². The number of nitrogens with zero attached hydrogens (tertiary/aromatic N) is 2. The number of sulfonamides is 1. The first-order chi connectivity index (χ1) is 21.2. The Morgan fingerprint density at radius 2 is 1.89 bits per heavy atom. The highest BCUT2D eigenvalue weighted by atomic mass is 32.2. The minimum absolute atomic E-state index is 0.0407. The number of hydrogen-bond donors (Lipinski definition) is 3. The topological polar surface area (TPSA) is 120 Å². The summed E-state index contributed by atoms with van der Waals surface area (Å²) in [5.41, 5.74) is 1.89. The molecule has 2 aromatic carbocycles. The van der Waals surface area contributed by atoms with Gasteiger partial charge >= 0.3 is 6.18 Å². The Labute approximate surface area is 261 Å². The van der Waals surface area contributed by atoms with Gasteiger partial charge in [-0.15, -0.1) is 0 Å². The maximum absolute atomic E-state index is 13.7. The lowest BCUT2D eigenvalue weighted by molar-refractivity contribution is -0.141. The SMILES string of the molecule is COc1cc(S(N)(=O)=O)ccc1NCC#Cc1cc2c(NC3CCN(C[C@@H]4COC(C)(C)O4)CC3)cccc2n1CC(F)(F)F. The van der Waals surface area contributed by atoms with E-state index in [0.29, 0.717) is 23.2 Å². The molecule has 1 atom stereocenters. The van der Waals surface area contributed by atoms with Gasteiger partial charge in [0.05, 0.1) is 48.2 Å². The van der Waals surface area contributed by atoms with E-state index in [4.69, 9.17) is 19.3 Å². The highest BCUT2D eigenvalue weighted by Crippen LogP contribution is 2.32. The number of hydrogen-bond acceptors (Lipinski definition) is 8. The van der Waals surface area contributed by atoms with Crippen LogP contribution in [0.5, 0.6) is 5.75 Å². The zero-order valence-electron chi connectivity index (χ0n) is 25.4. The highest BCUT2D eigenvalue weighted by Gasteiger charge is 2.34. The number of primary sulfonamides is 1. The lowest BCUT2D eigenvalue weighted by Crippen LogP contribution is -2.43. The number of likely N-dealkylation sites (tertiary alicyclic amines) is 1. The third-order valence-corrected chi connectivity index (χ3v) is 8.76. The summed E-state index contributed by atoms with van der Waals surface area (Å²) in [5, 5.41) is 12.4. The molecule has 2 saturated heterocycles. The van der Waals surface area contributed by atoms with Gasteiger partial charge in [-0.25, -0.2) is 13.6 Å². The van der Waals surface area contributed by atoms with E-state index in [1.165, 1.54) is 29.9 Å². The summed E-state index contributed by atoms with van der Waals surface area (Å²) in [5.74, 6) is 5.45. The number of methoxy groups -OCH3 is 1. The number of aromatic nitrogens is 1. The third-order valence-electron chi connectivity index (χ3n) is 7.84. The molecule has 0 bridgehead atoms. The van der Waals surface area contributed by atoms with Crippen molar-refractivity contribution in [2.75, 3.05) is 50.5 Å². The molecule has 1 aromatic heterocycles. The summed E-state index contributed by atoms with van der Waals surface area (Å²) >= 11 is 0. The normalized spacial score (nSPS) is 19.3. The van der Waals surface area contributed by atoms with Gasteiger partial charge in [-0.1, -0.05) is 12.0 Å². The average molecular weight is 650 g/mol. The van der Waals surface area contributed by atoms with Gasteiger partial charge < -0.3 is 34.3 Å². The molecule has 2 aliphatic heterocycles. The zero-order chi connectivity index (χ0) is 32.4. The fourth-order valence-corrected chi connectivity index (χ4v) is 6.28. The van der Waals surface area contributed by atoms with Crippen molar-refractivity contribution in [2.24, 2.45) is 5.14 Å². The highest BCUT2D eigenvalue weighted by molar-refractivity contribution is 7.89. The summed E-state index contributed by atoms with van der Waals surface area (Å²) in [4.78, 5) is 2.25. The Morgan fingerprint density at radius 3 is 2.53 bits per heavy atom. The summed E-state index contributed by atoms with van der Waals surface area (Å²) < 4.78 is 82.3. The molecule has 2 aliphatic rings. The standard InChI is InChI=1S/C31H38F3N5O5S/c1-30(2)43-19-23(44-30)18-38-14-11-21(12-15-38)37-26-7-4-8-28-25(26)16-22(39(28)20-31(32,33)34)6-5-13-36-27-10-9-24(45(35,40)41)17-29(27)42-3/h4,7-10,16-17,21,23,36-37H,11-15,18-20H2,1-3H3,(H2,35,40,41)/t23-/m1/s1. The van der Waals surface area contributed by atoms with Crippen LogP contribution in [0.25, 0.3) is 10.9 Å². The maximum Gasteiger partial charge on any atom is 0.406 e. The van der Waals surface area contributed by atoms with Gasteiger partial charge in [0.25, 0.3) is 0 Å². The molecule has 10 nitrogen and oxygen atoms in total. The van der Waals surface area contributed by atoms with Gasteiger partial charge in [0.2, 0.25) is 10.0 Å². The van der Waals surface area contributed by atoms with Gasteiger partial charge in [-0.3, -0.25) is 0 Å². The molecule has 45 heavy (non-hydrogen) atoms. The number of benzene rings is 2. The largest absolute Gasteiger partial charge is 0.495 e. The van der Waals surface area contributed by atoms with Crippen molar-refractivity contribution in [3.05, 3.63) is 48.2 Å². The molecule has 0 unspecified atom stereocenters. The monoisotopic (exact) mass is 649 g/mol. The first kappa shape index (κ1) is 32.9. The Hall–Kier alpha value is -3.48. The van der Waals surface area contributed by atoms with Crippen LogP contribution in [0.15, 0.2) is 47.4 Å². The minimum Gasteiger partial charge on any atom is -0.495 e. The second kappa shape index (κ2) is 13.1. The van der Waals surface area contributed by atoms with E-state index >= 15 is 0 Å². The molecule has 14 heteroatoms. The summed E-state index contributed by atoms with van der Waals surface area (Å²) in [6.07, 6.45) is -2.63. The van der Waals surface area contributed by atoms with Crippen LogP contribution in [0.4, 0.5) is 24.5 Å². The molecule has 3 aromatic rings. The van der Waals surface area contributed by atoms with Crippen LogP contribution in [0.3, 0.4) is 0 Å². The molecule has 0 saturated carbocycles. The molecule has 0 spiro atoms. The van der Waals surface area contributed by atoms with Crippen molar-refractivity contribution in [3.63, 3.8) is 0 Å². The van der Waals surface area contributed by atoms with Crippen LogP contribution in [-0.4, -0.2) is 81.9 Å². The van der Waals surface area contributed by atoms with Gasteiger partial charge in [-0.2, -0.15) is 13.2 Å². The van der Waals surface area contributed by atoms with Crippen molar-refractivity contribution in [2.45, 2.75) is 62.2 Å². The van der Waals surface area contributed by atoms with Crippen molar-refractivity contribution in [1.82, 2.24) is 9.47 Å². The first-order valence-corrected chi connectivity index (χ1v) is 16.2. The van der Waals surface area contributed by atoms with Crippen molar-refractivity contribution in [3.8, 4) is 17.6 Å². The summed E-state index contributed by atoms with van der Waals surface area (Å²) in [7, 11) is -2.54. The van der Waals surface area contributed by atoms with Crippen molar-refractivity contribution < 1.29 is 35.8 Å². The fraction of sp³-hybridized carbons (Fsp3) is 0.484. The summed E-state index contributed by atoms with van der Waals surface area (Å²) in [6, 6.07) is 11.3.